The Labute approximate surface area is 108 Å². The second kappa shape index (κ2) is 5.76. The van der Waals surface area contributed by atoms with Crippen LogP contribution in [0.15, 0.2) is 18.2 Å². The molecular weight excluding hydrogens is 234 g/mol. The largest absolute Gasteiger partial charge is 0.330 e. The van der Waals surface area contributed by atoms with Gasteiger partial charge in [0.05, 0.1) is 0 Å². The van der Waals surface area contributed by atoms with Gasteiger partial charge in [0.2, 0.25) is 0 Å². The monoisotopic (exact) mass is 256 g/mol. The summed E-state index contributed by atoms with van der Waals surface area (Å²) >= 11 is 0. The van der Waals surface area contributed by atoms with Gasteiger partial charge in [-0.15, -0.1) is 0 Å². The molecule has 2 N–H and O–H groups in total. The summed E-state index contributed by atoms with van der Waals surface area (Å²) in [7, 11) is 1.94. The van der Waals surface area contributed by atoms with Gasteiger partial charge in [-0.05, 0) is 43.6 Å². The topological polar surface area (TPSA) is 29.3 Å². The molecule has 0 aromatic heterocycles. The van der Waals surface area contributed by atoms with Crippen molar-refractivity contribution < 1.29 is 8.78 Å². The summed E-state index contributed by atoms with van der Waals surface area (Å²) in [6, 6.07) is 3.58. The zero-order valence-corrected chi connectivity index (χ0v) is 11.5. The average molecular weight is 256 g/mol. The lowest BCUT2D eigenvalue weighted by Crippen LogP contribution is -2.37. The van der Waals surface area contributed by atoms with Crippen molar-refractivity contribution in [3.63, 3.8) is 0 Å². The summed E-state index contributed by atoms with van der Waals surface area (Å²) in [6.45, 7) is 7.41. The molecule has 0 bridgehead atoms. The SMILES string of the molecule is CC(c1cc(F)cc(F)c1)N(C)CC(C)(C)CN. The van der Waals surface area contributed by atoms with Crippen LogP contribution < -0.4 is 5.73 Å². The molecule has 0 amide bonds. The van der Waals surface area contributed by atoms with Gasteiger partial charge in [-0.2, -0.15) is 0 Å². The number of hydrogen-bond acceptors (Lipinski definition) is 2. The molecule has 102 valence electrons. The summed E-state index contributed by atoms with van der Waals surface area (Å²) in [6.07, 6.45) is 0. The molecule has 0 saturated carbocycles. The average Bonchev–Trinajstić information content (AvgIpc) is 2.26. The lowest BCUT2D eigenvalue weighted by molar-refractivity contribution is 0.174. The smallest absolute Gasteiger partial charge is 0.126 e. The maximum atomic E-state index is 13.2. The van der Waals surface area contributed by atoms with E-state index >= 15 is 0 Å². The Morgan fingerprint density at radius 3 is 2.17 bits per heavy atom. The van der Waals surface area contributed by atoms with E-state index in [9.17, 15) is 8.78 Å². The molecule has 1 unspecified atom stereocenters. The van der Waals surface area contributed by atoms with Gasteiger partial charge in [0, 0.05) is 18.7 Å². The van der Waals surface area contributed by atoms with Gasteiger partial charge in [0.1, 0.15) is 11.6 Å². The Balaban J connectivity index is 2.83. The van der Waals surface area contributed by atoms with E-state index in [4.69, 9.17) is 5.73 Å². The summed E-state index contributed by atoms with van der Waals surface area (Å²) in [5.74, 6) is -1.08. The number of halogens is 2. The molecule has 0 saturated heterocycles. The third kappa shape index (κ3) is 4.03. The second-order valence-electron chi connectivity index (χ2n) is 5.66. The predicted molar refractivity (Wildman–Crippen MR) is 70.2 cm³/mol. The number of hydrogen-bond donors (Lipinski definition) is 1. The molecule has 0 aliphatic rings. The van der Waals surface area contributed by atoms with E-state index in [-0.39, 0.29) is 11.5 Å². The first-order valence-corrected chi connectivity index (χ1v) is 6.11. The highest BCUT2D eigenvalue weighted by Gasteiger charge is 2.22. The molecule has 0 spiro atoms. The molecule has 0 aliphatic heterocycles. The van der Waals surface area contributed by atoms with E-state index in [1.165, 1.54) is 12.1 Å². The third-order valence-electron chi connectivity index (χ3n) is 3.26. The molecule has 0 aliphatic carbocycles. The van der Waals surface area contributed by atoms with Gasteiger partial charge < -0.3 is 5.73 Å². The van der Waals surface area contributed by atoms with Crippen molar-refractivity contribution in [3.05, 3.63) is 35.4 Å². The van der Waals surface area contributed by atoms with Crippen molar-refractivity contribution in [3.8, 4) is 0 Å². The number of rotatable bonds is 5. The summed E-state index contributed by atoms with van der Waals surface area (Å²) in [4.78, 5) is 2.06. The fraction of sp³-hybridized carbons (Fsp3) is 0.571. The van der Waals surface area contributed by atoms with Crippen molar-refractivity contribution >= 4 is 0 Å². The zero-order chi connectivity index (χ0) is 13.9. The first kappa shape index (κ1) is 15.1. The number of nitrogens with zero attached hydrogens (tertiary/aromatic N) is 1. The molecule has 18 heavy (non-hydrogen) atoms. The molecule has 0 radical (unpaired) electrons. The fourth-order valence-corrected chi connectivity index (χ4v) is 1.95. The summed E-state index contributed by atoms with van der Waals surface area (Å²) in [5.41, 5.74) is 6.32. The van der Waals surface area contributed by atoms with Crippen LogP contribution in [0.4, 0.5) is 8.78 Å². The van der Waals surface area contributed by atoms with Gasteiger partial charge in [0.25, 0.3) is 0 Å². The number of nitrogens with two attached hydrogens (primary N) is 1. The van der Waals surface area contributed by atoms with E-state index in [1.807, 2.05) is 14.0 Å². The highest BCUT2D eigenvalue weighted by atomic mass is 19.1. The minimum absolute atomic E-state index is 0.0190. The van der Waals surface area contributed by atoms with Gasteiger partial charge in [-0.1, -0.05) is 13.8 Å². The minimum atomic E-state index is -0.539. The highest BCUT2D eigenvalue weighted by Crippen LogP contribution is 2.24. The van der Waals surface area contributed by atoms with Crippen LogP contribution in [0.5, 0.6) is 0 Å². The molecule has 2 nitrogen and oxygen atoms in total. The van der Waals surface area contributed by atoms with E-state index in [0.717, 1.165) is 12.6 Å². The van der Waals surface area contributed by atoms with E-state index in [2.05, 4.69) is 18.7 Å². The standard InChI is InChI=1S/C14H22F2N2/c1-10(18(4)9-14(2,3)8-17)11-5-12(15)7-13(16)6-11/h5-7,10H,8-9,17H2,1-4H3. The molecule has 1 aromatic carbocycles. The Morgan fingerprint density at radius 2 is 1.72 bits per heavy atom. The Hall–Kier alpha value is -1.00. The van der Waals surface area contributed by atoms with Gasteiger partial charge in [-0.25, -0.2) is 8.78 Å². The molecule has 0 fully saturated rings. The zero-order valence-electron chi connectivity index (χ0n) is 11.5. The summed E-state index contributed by atoms with van der Waals surface area (Å²) in [5, 5.41) is 0. The quantitative estimate of drug-likeness (QED) is 0.877. The second-order valence-corrected chi connectivity index (χ2v) is 5.66. The van der Waals surface area contributed by atoms with E-state index in [0.29, 0.717) is 12.1 Å². The molecule has 4 heteroatoms. The Kier molecular flexibility index (Phi) is 4.82. The maximum Gasteiger partial charge on any atom is 0.126 e. The minimum Gasteiger partial charge on any atom is -0.330 e. The van der Waals surface area contributed by atoms with Crippen LogP contribution in [0.3, 0.4) is 0 Å². The van der Waals surface area contributed by atoms with Crippen LogP contribution in [0.2, 0.25) is 0 Å². The Morgan fingerprint density at radius 1 is 1.22 bits per heavy atom. The first-order chi connectivity index (χ1) is 8.25. The molecule has 1 aromatic rings. The third-order valence-corrected chi connectivity index (χ3v) is 3.26. The van der Waals surface area contributed by atoms with Gasteiger partial charge >= 0.3 is 0 Å². The lowest BCUT2D eigenvalue weighted by atomic mass is 9.92. The normalized spacial score (nSPS) is 14.0. The van der Waals surface area contributed by atoms with Crippen LogP contribution >= 0.6 is 0 Å². The molecular formula is C14H22F2N2. The van der Waals surface area contributed by atoms with Crippen molar-refractivity contribution in [2.75, 3.05) is 20.1 Å². The first-order valence-electron chi connectivity index (χ1n) is 6.11. The van der Waals surface area contributed by atoms with Crippen LogP contribution in [-0.4, -0.2) is 25.0 Å². The molecule has 1 rings (SSSR count). The van der Waals surface area contributed by atoms with Crippen molar-refractivity contribution in [2.24, 2.45) is 11.1 Å². The van der Waals surface area contributed by atoms with E-state index in [1.54, 1.807) is 0 Å². The predicted octanol–water partition coefficient (Wildman–Crippen LogP) is 2.94. The lowest BCUT2D eigenvalue weighted by Gasteiger charge is -2.33. The fourth-order valence-electron chi connectivity index (χ4n) is 1.95. The van der Waals surface area contributed by atoms with Crippen LogP contribution in [0, 0.1) is 17.0 Å². The maximum absolute atomic E-state index is 13.2. The van der Waals surface area contributed by atoms with Crippen LogP contribution in [0.25, 0.3) is 0 Å². The van der Waals surface area contributed by atoms with E-state index < -0.39 is 11.6 Å². The molecule has 0 heterocycles. The molecule has 1 atom stereocenters. The summed E-state index contributed by atoms with van der Waals surface area (Å²) < 4.78 is 26.4. The highest BCUT2D eigenvalue weighted by molar-refractivity contribution is 5.21. The van der Waals surface area contributed by atoms with Crippen molar-refractivity contribution in [2.45, 2.75) is 26.8 Å². The van der Waals surface area contributed by atoms with Crippen LogP contribution in [-0.2, 0) is 0 Å². The van der Waals surface area contributed by atoms with Gasteiger partial charge in [-0.3, -0.25) is 4.90 Å². The number of benzene rings is 1. The van der Waals surface area contributed by atoms with Crippen molar-refractivity contribution in [1.29, 1.82) is 0 Å². The van der Waals surface area contributed by atoms with Gasteiger partial charge in [0.15, 0.2) is 0 Å². The Bertz CT molecular complexity index is 385. The van der Waals surface area contributed by atoms with Crippen LogP contribution in [0.1, 0.15) is 32.4 Å². The van der Waals surface area contributed by atoms with Crippen molar-refractivity contribution in [1.82, 2.24) is 4.90 Å².